The highest BCUT2D eigenvalue weighted by Crippen LogP contribution is 1.61. The molecule has 0 spiro atoms. The van der Waals surface area contributed by atoms with Gasteiger partial charge in [0.15, 0.2) is 0 Å². The van der Waals surface area contributed by atoms with E-state index in [-0.39, 0.29) is 12.3 Å². The third-order valence-corrected chi connectivity index (χ3v) is 0.357. The first-order valence-corrected chi connectivity index (χ1v) is 1.49. The van der Waals surface area contributed by atoms with Crippen LogP contribution in [0, 0.1) is 0 Å². The standard InChI is InChI=1S/C3H7NO2/c1-6-3(5)2-4/h2,4H2,1H3/i/hD2. The molecule has 0 atom stereocenters. The first-order chi connectivity index (χ1) is 3.66. The summed E-state index contributed by atoms with van der Waals surface area (Å²) in [6, 6.07) is 0. The van der Waals surface area contributed by atoms with Crippen LogP contribution < -0.4 is 5.72 Å². The molecule has 0 aliphatic carbocycles. The SMILES string of the molecule is [2H]N([2H])CC(=O)OC. The van der Waals surface area contributed by atoms with Gasteiger partial charge in [0.2, 0.25) is 0 Å². The molecule has 0 heterocycles. The Morgan fingerprint density at radius 2 is 3.00 bits per heavy atom. The molecule has 36 valence electrons. The molecule has 0 rings (SSSR count). The molecule has 0 amide bonds. The average Bonchev–Trinajstić information content (AvgIpc) is 1.65. The van der Waals surface area contributed by atoms with Crippen molar-refractivity contribution in [1.82, 2.24) is 0 Å². The minimum Gasteiger partial charge on any atom is -0.468 e. The quantitative estimate of drug-likeness (QED) is 0.449. The van der Waals surface area contributed by atoms with Crippen molar-refractivity contribution in [3.05, 3.63) is 0 Å². The molecular formula is C3H7NO2. The molecule has 0 saturated carbocycles. The van der Waals surface area contributed by atoms with E-state index in [1.54, 1.807) is 0 Å². The van der Waals surface area contributed by atoms with Gasteiger partial charge in [-0.15, -0.1) is 0 Å². The molecule has 2 N–H and O–H groups in total. The van der Waals surface area contributed by atoms with Crippen molar-refractivity contribution in [3.8, 4) is 0 Å². The van der Waals surface area contributed by atoms with E-state index in [1.807, 2.05) is 0 Å². The summed E-state index contributed by atoms with van der Waals surface area (Å²) in [6.07, 6.45) is 0. The van der Waals surface area contributed by atoms with Crippen LogP contribution in [0.15, 0.2) is 0 Å². The first-order valence-electron chi connectivity index (χ1n) is 2.38. The Morgan fingerprint density at radius 3 is 3.17 bits per heavy atom. The summed E-state index contributed by atoms with van der Waals surface area (Å²) in [7, 11) is 1.21. The van der Waals surface area contributed by atoms with E-state index in [4.69, 9.17) is 2.82 Å². The molecule has 0 saturated heterocycles. The normalized spacial score (nSPS) is 13.0. The van der Waals surface area contributed by atoms with Crippen LogP contribution in [0.3, 0.4) is 0 Å². The highest BCUT2D eigenvalue weighted by molar-refractivity contribution is 5.70. The smallest absolute Gasteiger partial charge is 0.319 e. The number of ether oxygens (including phenoxy) is 1. The van der Waals surface area contributed by atoms with Crippen LogP contribution in [-0.2, 0) is 9.53 Å². The number of carbonyl (C=O) groups excluding carboxylic acids is 1. The summed E-state index contributed by atoms with van der Waals surface area (Å²) in [5, 5.41) is 0. The van der Waals surface area contributed by atoms with Gasteiger partial charge in [-0.1, -0.05) is 0 Å². The van der Waals surface area contributed by atoms with Crippen molar-refractivity contribution < 1.29 is 12.4 Å². The molecule has 3 nitrogen and oxygen atoms in total. The van der Waals surface area contributed by atoms with Crippen LogP contribution >= 0.6 is 0 Å². The maximum atomic E-state index is 10.1. The second kappa shape index (κ2) is 2.66. The van der Waals surface area contributed by atoms with Crippen molar-refractivity contribution in [3.63, 3.8) is 0 Å². The lowest BCUT2D eigenvalue weighted by atomic mass is 10.7. The second-order valence-corrected chi connectivity index (χ2v) is 0.734. The Kier molecular flexibility index (Phi) is 1.14. The maximum absolute atomic E-state index is 10.1. The molecule has 0 aliphatic rings. The van der Waals surface area contributed by atoms with Gasteiger partial charge < -0.3 is 10.5 Å². The highest BCUT2D eigenvalue weighted by atomic mass is 16.5. The molecule has 6 heavy (non-hydrogen) atoms. The molecule has 3 heteroatoms. The fourth-order valence-electron chi connectivity index (χ4n) is 0.0645. The fraction of sp³-hybridized carbons (Fsp3) is 0.667. The van der Waals surface area contributed by atoms with Crippen molar-refractivity contribution in [2.45, 2.75) is 0 Å². The van der Waals surface area contributed by atoms with Gasteiger partial charge in [0.05, 0.1) is 13.7 Å². The molecule has 0 bridgehead atoms. The van der Waals surface area contributed by atoms with Crippen LogP contribution in [0.1, 0.15) is 0 Å². The number of esters is 1. The van der Waals surface area contributed by atoms with Crippen molar-refractivity contribution in [1.29, 1.82) is 0 Å². The summed E-state index contributed by atoms with van der Waals surface area (Å²) >= 11 is 0. The summed E-state index contributed by atoms with van der Waals surface area (Å²) in [5.74, 6) is -0.574. The Hall–Kier alpha value is -0.570. The number of nitrogens with two attached hydrogens (primary N) is 1. The zero-order valence-corrected chi connectivity index (χ0v) is 3.47. The minimum absolute atomic E-state index is 0.256. The van der Waals surface area contributed by atoms with Crippen molar-refractivity contribution in [2.75, 3.05) is 13.7 Å². The van der Waals surface area contributed by atoms with E-state index < -0.39 is 5.97 Å². The van der Waals surface area contributed by atoms with Gasteiger partial charge in [0.25, 0.3) is 0 Å². The highest BCUT2D eigenvalue weighted by Gasteiger charge is 1.87. The van der Waals surface area contributed by atoms with Crippen LogP contribution in [0.25, 0.3) is 0 Å². The first kappa shape index (κ1) is 2.58. The van der Waals surface area contributed by atoms with Crippen LogP contribution in [0.5, 0.6) is 0 Å². The van der Waals surface area contributed by atoms with Crippen LogP contribution in [-0.4, -0.2) is 19.6 Å². The van der Waals surface area contributed by atoms with E-state index in [1.165, 1.54) is 7.11 Å². The van der Waals surface area contributed by atoms with Gasteiger partial charge in [-0.25, -0.2) is 0 Å². The van der Waals surface area contributed by atoms with Gasteiger partial charge in [-0.3, -0.25) is 4.79 Å². The number of hydrogen-bond acceptors (Lipinski definition) is 3. The van der Waals surface area contributed by atoms with Crippen LogP contribution in [0.2, 0.25) is 2.82 Å². The Morgan fingerprint density at radius 1 is 2.33 bits per heavy atom. The van der Waals surface area contributed by atoms with E-state index in [0.717, 1.165) is 0 Å². The lowest BCUT2D eigenvalue weighted by Crippen LogP contribution is -2.14. The molecule has 0 fully saturated rings. The monoisotopic (exact) mass is 91.1 g/mol. The molecule has 0 unspecified atom stereocenters. The third-order valence-electron chi connectivity index (χ3n) is 0.357. The molecule has 0 aromatic carbocycles. The number of hydrogen-bond donors (Lipinski definition) is 1. The summed E-state index contributed by atoms with van der Waals surface area (Å²) < 4.78 is 17.0. The van der Waals surface area contributed by atoms with E-state index in [9.17, 15) is 4.79 Å². The number of methoxy groups -OCH3 is 1. The van der Waals surface area contributed by atoms with Gasteiger partial charge in [0.1, 0.15) is 2.82 Å². The zero-order chi connectivity index (χ0) is 6.57. The van der Waals surface area contributed by atoms with Gasteiger partial charge >= 0.3 is 5.97 Å². The van der Waals surface area contributed by atoms with Crippen LogP contribution in [0.4, 0.5) is 0 Å². The maximum Gasteiger partial charge on any atom is 0.319 e. The predicted octanol–water partition coefficient (Wildman–Crippen LogP) is -0.882. The zero-order valence-electron chi connectivity index (χ0n) is 5.47. The molecular weight excluding hydrogens is 82.0 g/mol. The lowest BCUT2D eigenvalue weighted by molar-refractivity contribution is -0.138. The lowest BCUT2D eigenvalue weighted by Gasteiger charge is -1.87. The van der Waals surface area contributed by atoms with Gasteiger partial charge in [-0.2, -0.15) is 0 Å². The Bertz CT molecular complexity index is 85.4. The third kappa shape index (κ3) is 1.72. The molecule has 0 aliphatic heterocycles. The van der Waals surface area contributed by atoms with Crippen molar-refractivity contribution >= 4 is 5.97 Å². The number of rotatable bonds is 2. The molecule has 0 aromatic heterocycles. The average molecular weight is 91.1 g/mol. The molecule has 0 aromatic rings. The topological polar surface area (TPSA) is 52.3 Å². The summed E-state index contributed by atoms with van der Waals surface area (Å²) in [6.45, 7) is -0.309. The van der Waals surface area contributed by atoms with Gasteiger partial charge in [0, 0.05) is 0 Å². The Labute approximate surface area is 39.0 Å². The predicted molar refractivity (Wildman–Crippen MR) is 21.1 cm³/mol. The van der Waals surface area contributed by atoms with E-state index in [2.05, 4.69) is 4.74 Å². The van der Waals surface area contributed by atoms with Crippen molar-refractivity contribution in [2.24, 2.45) is 5.72 Å². The summed E-state index contributed by atoms with van der Waals surface area (Å²) in [4.78, 5) is 10.1. The minimum atomic E-state index is -0.574. The van der Waals surface area contributed by atoms with E-state index >= 15 is 0 Å². The largest absolute Gasteiger partial charge is 0.468 e. The second-order valence-electron chi connectivity index (χ2n) is 0.734. The van der Waals surface area contributed by atoms with Gasteiger partial charge in [-0.05, 0) is 0 Å². The molecule has 0 radical (unpaired) electrons. The Balaban J connectivity index is 3.25. The number of carbonyl (C=O) groups is 1. The fourth-order valence-corrected chi connectivity index (χ4v) is 0.0645. The van der Waals surface area contributed by atoms with E-state index in [0.29, 0.717) is 0 Å². The summed E-state index contributed by atoms with van der Waals surface area (Å²) in [5.41, 5.74) is 0.256.